The Labute approximate surface area is 213 Å². The summed E-state index contributed by atoms with van der Waals surface area (Å²) in [6.07, 6.45) is 4.79. The smallest absolute Gasteiger partial charge is 0.247 e. The second-order valence-electron chi connectivity index (χ2n) is 9.71. The number of aliphatic hydroxyl groups excluding tert-OH is 1. The van der Waals surface area contributed by atoms with Crippen LogP contribution < -0.4 is 4.74 Å². The Hall–Kier alpha value is -2.85. The van der Waals surface area contributed by atoms with Gasteiger partial charge in [-0.05, 0) is 44.2 Å². The van der Waals surface area contributed by atoms with Crippen LogP contribution in [0.15, 0.2) is 66.1 Å². The number of aryl methyl sites for hydroxylation is 1. The van der Waals surface area contributed by atoms with E-state index in [9.17, 15) is 13.5 Å². The number of hydrogen-bond donors (Lipinski definition) is 1. The Kier molecular flexibility index (Phi) is 8.04. The fourth-order valence-electron chi connectivity index (χ4n) is 4.46. The third kappa shape index (κ3) is 5.75. The van der Waals surface area contributed by atoms with Crippen molar-refractivity contribution in [1.82, 2.24) is 19.2 Å². The van der Waals surface area contributed by atoms with Gasteiger partial charge in [0.1, 0.15) is 23.1 Å². The van der Waals surface area contributed by atoms with E-state index in [2.05, 4.69) is 14.9 Å². The first kappa shape index (κ1) is 26.2. The van der Waals surface area contributed by atoms with Gasteiger partial charge in [-0.25, -0.2) is 18.4 Å². The largest absolute Gasteiger partial charge is 0.487 e. The highest BCUT2D eigenvalue weighted by Crippen LogP contribution is 2.36. The highest BCUT2D eigenvalue weighted by molar-refractivity contribution is 7.89. The predicted octanol–water partition coefficient (Wildman–Crippen LogP) is 3.35. The first-order valence-electron chi connectivity index (χ1n) is 12.1. The zero-order chi connectivity index (χ0) is 25.9. The number of likely N-dealkylation sites (N-methyl/N-ethyl adjacent to an activating group) is 1. The molecule has 0 saturated heterocycles. The standard InChI is InChI=1S/C27H34N4O4S/c1-19-5-7-23(8-6-19)24-9-10-27-25(11-24)35-26(16-30(4)15-22-12-28-18-29-13-22)20(2)14-31(21(3)17-32)36(27,33)34/h5-13,18,20-21,26,32H,14-17H2,1-4H3/t20-,21-,26-/m1/s1. The van der Waals surface area contributed by atoms with Gasteiger partial charge in [0.2, 0.25) is 10.0 Å². The molecule has 0 aliphatic carbocycles. The zero-order valence-corrected chi connectivity index (χ0v) is 22.0. The maximum absolute atomic E-state index is 13.7. The topological polar surface area (TPSA) is 95.9 Å². The van der Waals surface area contributed by atoms with Crippen molar-refractivity contribution in [3.63, 3.8) is 0 Å². The normalized spacial score (nSPS) is 20.7. The predicted molar refractivity (Wildman–Crippen MR) is 139 cm³/mol. The Morgan fingerprint density at radius 2 is 1.81 bits per heavy atom. The van der Waals surface area contributed by atoms with Crippen molar-refractivity contribution in [2.75, 3.05) is 26.7 Å². The van der Waals surface area contributed by atoms with Crippen molar-refractivity contribution >= 4 is 10.0 Å². The minimum absolute atomic E-state index is 0.120. The van der Waals surface area contributed by atoms with E-state index < -0.39 is 16.1 Å². The molecule has 36 heavy (non-hydrogen) atoms. The molecule has 3 atom stereocenters. The van der Waals surface area contributed by atoms with E-state index in [1.165, 1.54) is 10.6 Å². The van der Waals surface area contributed by atoms with Crippen molar-refractivity contribution in [2.24, 2.45) is 5.92 Å². The van der Waals surface area contributed by atoms with Crippen LogP contribution in [0.4, 0.5) is 0 Å². The monoisotopic (exact) mass is 510 g/mol. The highest BCUT2D eigenvalue weighted by Gasteiger charge is 2.38. The molecule has 1 aliphatic heterocycles. The van der Waals surface area contributed by atoms with Crippen LogP contribution in [0.1, 0.15) is 25.0 Å². The third-order valence-electron chi connectivity index (χ3n) is 6.61. The molecule has 4 rings (SSSR count). The van der Waals surface area contributed by atoms with Crippen LogP contribution in [0.3, 0.4) is 0 Å². The first-order valence-corrected chi connectivity index (χ1v) is 13.6. The molecule has 0 unspecified atom stereocenters. The quantitative estimate of drug-likeness (QED) is 0.521. The summed E-state index contributed by atoms with van der Waals surface area (Å²) in [5.41, 5.74) is 4.00. The molecular formula is C27H34N4O4S. The summed E-state index contributed by atoms with van der Waals surface area (Å²) in [4.78, 5) is 10.4. The van der Waals surface area contributed by atoms with Crippen LogP contribution in [0.5, 0.6) is 5.75 Å². The molecule has 2 heterocycles. The Balaban J connectivity index is 1.72. The molecule has 2 aromatic carbocycles. The minimum Gasteiger partial charge on any atom is -0.487 e. The number of sulfonamides is 1. The maximum Gasteiger partial charge on any atom is 0.247 e. The highest BCUT2D eigenvalue weighted by atomic mass is 32.2. The maximum atomic E-state index is 13.7. The lowest BCUT2D eigenvalue weighted by atomic mass is 10.0. The average Bonchev–Trinajstić information content (AvgIpc) is 2.86. The van der Waals surface area contributed by atoms with Gasteiger partial charge >= 0.3 is 0 Å². The summed E-state index contributed by atoms with van der Waals surface area (Å²) in [5, 5.41) is 9.85. The number of hydrogen-bond acceptors (Lipinski definition) is 7. The molecule has 9 heteroatoms. The van der Waals surface area contributed by atoms with Crippen LogP contribution >= 0.6 is 0 Å². The molecule has 3 aromatic rings. The van der Waals surface area contributed by atoms with Crippen molar-refractivity contribution in [1.29, 1.82) is 0 Å². The summed E-state index contributed by atoms with van der Waals surface area (Å²) in [5.74, 6) is 0.204. The second-order valence-corrected chi connectivity index (χ2v) is 11.6. The number of benzene rings is 2. The lowest BCUT2D eigenvalue weighted by molar-refractivity contribution is 0.0733. The molecule has 0 saturated carbocycles. The van der Waals surface area contributed by atoms with Gasteiger partial charge in [0, 0.05) is 49.6 Å². The van der Waals surface area contributed by atoms with E-state index in [1.54, 1.807) is 25.4 Å². The molecule has 0 amide bonds. The van der Waals surface area contributed by atoms with Gasteiger partial charge in [0.05, 0.1) is 6.61 Å². The molecule has 8 nitrogen and oxygen atoms in total. The van der Waals surface area contributed by atoms with Crippen LogP contribution in [0.2, 0.25) is 0 Å². The number of aliphatic hydroxyl groups is 1. The van der Waals surface area contributed by atoms with Gasteiger partial charge in [0.25, 0.3) is 0 Å². The van der Waals surface area contributed by atoms with E-state index in [0.717, 1.165) is 22.3 Å². The molecular weight excluding hydrogens is 476 g/mol. The van der Waals surface area contributed by atoms with E-state index >= 15 is 0 Å². The summed E-state index contributed by atoms with van der Waals surface area (Å²) >= 11 is 0. The number of nitrogens with zero attached hydrogens (tertiary/aromatic N) is 4. The van der Waals surface area contributed by atoms with Crippen molar-refractivity contribution < 1.29 is 18.3 Å². The SMILES string of the molecule is Cc1ccc(-c2ccc3c(c2)O[C@H](CN(C)Cc2cncnc2)[C@H](C)CN([C@H](C)CO)S3(=O)=O)cc1. The summed E-state index contributed by atoms with van der Waals surface area (Å²) in [7, 11) is -1.88. The van der Waals surface area contributed by atoms with Crippen LogP contribution in [-0.4, -0.2) is 71.6 Å². The second kappa shape index (κ2) is 11.0. The van der Waals surface area contributed by atoms with Gasteiger partial charge in [0.15, 0.2) is 0 Å². The van der Waals surface area contributed by atoms with E-state index in [1.807, 2.05) is 57.3 Å². The number of aromatic nitrogens is 2. The van der Waals surface area contributed by atoms with Gasteiger partial charge in [-0.15, -0.1) is 0 Å². The van der Waals surface area contributed by atoms with E-state index in [0.29, 0.717) is 18.8 Å². The average molecular weight is 511 g/mol. The number of fused-ring (bicyclic) bond motifs is 1. The third-order valence-corrected chi connectivity index (χ3v) is 8.63. The number of ether oxygens (including phenoxy) is 1. The van der Waals surface area contributed by atoms with Gasteiger partial charge in [-0.2, -0.15) is 4.31 Å². The fraction of sp³-hybridized carbons (Fsp3) is 0.407. The molecule has 0 radical (unpaired) electrons. The molecule has 0 spiro atoms. The molecule has 0 bridgehead atoms. The zero-order valence-electron chi connectivity index (χ0n) is 21.2. The Bertz CT molecular complexity index is 1270. The first-order chi connectivity index (χ1) is 17.2. The van der Waals surface area contributed by atoms with Gasteiger partial charge < -0.3 is 9.84 Å². The summed E-state index contributed by atoms with van der Waals surface area (Å²) < 4.78 is 35.3. The van der Waals surface area contributed by atoms with Gasteiger partial charge in [-0.3, -0.25) is 4.90 Å². The van der Waals surface area contributed by atoms with Crippen LogP contribution in [-0.2, 0) is 16.6 Å². The van der Waals surface area contributed by atoms with Crippen LogP contribution in [0.25, 0.3) is 11.1 Å². The Morgan fingerprint density at radius 3 is 2.47 bits per heavy atom. The lowest BCUT2D eigenvalue weighted by Gasteiger charge is -2.37. The summed E-state index contributed by atoms with van der Waals surface area (Å²) in [6, 6.07) is 12.8. The molecule has 1 aliphatic rings. The summed E-state index contributed by atoms with van der Waals surface area (Å²) in [6.45, 7) is 6.94. The number of rotatable bonds is 7. The molecule has 1 N–H and O–H groups in total. The molecule has 0 fully saturated rings. The fourth-order valence-corrected chi connectivity index (χ4v) is 6.29. The van der Waals surface area contributed by atoms with E-state index in [-0.39, 0.29) is 30.1 Å². The van der Waals surface area contributed by atoms with Crippen molar-refractivity contribution in [2.45, 2.75) is 44.4 Å². The Morgan fingerprint density at radius 1 is 1.14 bits per heavy atom. The van der Waals surface area contributed by atoms with Crippen LogP contribution in [0, 0.1) is 12.8 Å². The molecule has 192 valence electrons. The van der Waals surface area contributed by atoms with E-state index in [4.69, 9.17) is 4.74 Å². The van der Waals surface area contributed by atoms with Crippen molar-refractivity contribution in [3.05, 3.63) is 72.3 Å². The lowest BCUT2D eigenvalue weighted by Crippen LogP contribution is -2.49. The molecule has 1 aromatic heterocycles. The minimum atomic E-state index is -3.87. The van der Waals surface area contributed by atoms with Gasteiger partial charge in [-0.1, -0.05) is 42.8 Å². The van der Waals surface area contributed by atoms with Crippen molar-refractivity contribution in [3.8, 4) is 16.9 Å².